The van der Waals surface area contributed by atoms with Crippen molar-refractivity contribution in [2.45, 2.75) is 57.8 Å². The van der Waals surface area contributed by atoms with E-state index in [1.165, 1.54) is 6.08 Å². The first-order valence-electron chi connectivity index (χ1n) is 14.1. The monoisotopic (exact) mass is 566 g/mol. The van der Waals surface area contributed by atoms with E-state index in [1.54, 1.807) is 6.08 Å². The van der Waals surface area contributed by atoms with Crippen molar-refractivity contribution in [3.8, 4) is 6.07 Å². The number of nitriles is 1. The van der Waals surface area contributed by atoms with Gasteiger partial charge in [-0.3, -0.25) is 9.59 Å². The van der Waals surface area contributed by atoms with E-state index in [2.05, 4.69) is 16.0 Å². The van der Waals surface area contributed by atoms with Gasteiger partial charge in [-0.05, 0) is 35.4 Å². The SMILES string of the molecule is CC(C)CC(NC(=O)OCc1ccccc1)C(=O)NC(Cc1ccccc1)C(=O)NC(/C=C/C#N)Cc1ccccc1. The molecule has 0 bridgehead atoms. The number of rotatable bonds is 14. The van der Waals surface area contributed by atoms with E-state index in [4.69, 9.17) is 10.00 Å². The van der Waals surface area contributed by atoms with Crippen LogP contribution in [0.5, 0.6) is 0 Å². The van der Waals surface area contributed by atoms with E-state index in [0.29, 0.717) is 12.8 Å². The summed E-state index contributed by atoms with van der Waals surface area (Å²) in [6.07, 6.45) is 3.33. The van der Waals surface area contributed by atoms with Crippen LogP contribution >= 0.6 is 0 Å². The van der Waals surface area contributed by atoms with Gasteiger partial charge in [0.05, 0.1) is 12.1 Å². The average Bonchev–Trinajstić information content (AvgIpc) is 2.99. The Hall–Kier alpha value is -4.90. The third-order valence-corrected chi connectivity index (χ3v) is 6.47. The van der Waals surface area contributed by atoms with Gasteiger partial charge in [0, 0.05) is 12.5 Å². The van der Waals surface area contributed by atoms with Crippen LogP contribution in [0.3, 0.4) is 0 Å². The zero-order chi connectivity index (χ0) is 30.2. The second-order valence-electron chi connectivity index (χ2n) is 10.4. The van der Waals surface area contributed by atoms with Gasteiger partial charge in [0.1, 0.15) is 18.7 Å². The van der Waals surface area contributed by atoms with E-state index in [0.717, 1.165) is 16.7 Å². The van der Waals surface area contributed by atoms with Crippen LogP contribution in [-0.2, 0) is 33.8 Å². The van der Waals surface area contributed by atoms with Gasteiger partial charge in [-0.1, -0.05) is 111 Å². The Morgan fingerprint density at radius 3 is 1.81 bits per heavy atom. The van der Waals surface area contributed by atoms with E-state index >= 15 is 0 Å². The smallest absolute Gasteiger partial charge is 0.408 e. The molecule has 8 heteroatoms. The van der Waals surface area contributed by atoms with Crippen LogP contribution in [-0.4, -0.2) is 36.0 Å². The van der Waals surface area contributed by atoms with Crippen LogP contribution in [0.1, 0.15) is 37.0 Å². The lowest BCUT2D eigenvalue weighted by atomic mass is 10.0. The third kappa shape index (κ3) is 11.3. The molecule has 0 aromatic heterocycles. The molecule has 3 atom stereocenters. The number of hydrogen-bond acceptors (Lipinski definition) is 5. The Morgan fingerprint density at radius 1 is 0.738 bits per heavy atom. The molecule has 0 saturated heterocycles. The van der Waals surface area contributed by atoms with Crippen molar-refractivity contribution in [3.63, 3.8) is 0 Å². The molecule has 3 aromatic rings. The van der Waals surface area contributed by atoms with Gasteiger partial charge in [-0.2, -0.15) is 5.26 Å². The number of nitrogens with zero attached hydrogens (tertiary/aromatic N) is 1. The first-order valence-corrected chi connectivity index (χ1v) is 14.1. The van der Waals surface area contributed by atoms with Crippen LogP contribution in [0.2, 0.25) is 0 Å². The maximum atomic E-state index is 13.6. The van der Waals surface area contributed by atoms with E-state index < -0.39 is 36.0 Å². The van der Waals surface area contributed by atoms with E-state index in [9.17, 15) is 14.4 Å². The largest absolute Gasteiger partial charge is 0.445 e. The predicted molar refractivity (Wildman–Crippen MR) is 162 cm³/mol. The molecule has 3 amide bonds. The summed E-state index contributed by atoms with van der Waals surface area (Å²) in [7, 11) is 0. The summed E-state index contributed by atoms with van der Waals surface area (Å²) in [5.41, 5.74) is 2.68. The summed E-state index contributed by atoms with van der Waals surface area (Å²) in [6.45, 7) is 3.96. The minimum absolute atomic E-state index is 0.0702. The highest BCUT2D eigenvalue weighted by Gasteiger charge is 2.29. The van der Waals surface area contributed by atoms with Crippen LogP contribution < -0.4 is 16.0 Å². The Kier molecular flexibility index (Phi) is 12.8. The van der Waals surface area contributed by atoms with Crippen molar-refractivity contribution in [1.82, 2.24) is 16.0 Å². The minimum Gasteiger partial charge on any atom is -0.445 e. The standard InChI is InChI=1S/C34H38N4O4/c1-25(2)21-30(38-34(41)42-24-28-17-10-5-11-18-28)33(40)37-31(23-27-15-8-4-9-16-27)32(39)36-29(19-12-20-35)22-26-13-6-3-7-14-26/h3-19,25,29-31H,21-24H2,1-2H3,(H,36,39)(H,37,40)(H,38,41)/b19-12+. The first kappa shape index (κ1) is 31.6. The Bertz CT molecular complexity index is 1340. The summed E-state index contributed by atoms with van der Waals surface area (Å²) in [5.74, 6) is -0.794. The molecule has 3 rings (SSSR count). The van der Waals surface area contributed by atoms with Crippen molar-refractivity contribution in [3.05, 3.63) is 120 Å². The zero-order valence-corrected chi connectivity index (χ0v) is 24.0. The molecule has 0 heterocycles. The molecular weight excluding hydrogens is 528 g/mol. The van der Waals surface area contributed by atoms with Crippen molar-refractivity contribution in [2.75, 3.05) is 0 Å². The average molecular weight is 567 g/mol. The van der Waals surface area contributed by atoms with Gasteiger partial charge >= 0.3 is 6.09 Å². The summed E-state index contributed by atoms with van der Waals surface area (Å²) < 4.78 is 5.34. The summed E-state index contributed by atoms with van der Waals surface area (Å²) >= 11 is 0. The number of ether oxygens (including phenoxy) is 1. The molecule has 0 spiro atoms. The molecule has 0 aliphatic rings. The molecule has 3 aromatic carbocycles. The molecule has 0 saturated carbocycles. The molecular formula is C34H38N4O4. The molecule has 0 radical (unpaired) electrons. The lowest BCUT2D eigenvalue weighted by molar-refractivity contribution is -0.130. The fourth-order valence-corrected chi connectivity index (χ4v) is 4.42. The number of hydrogen-bond donors (Lipinski definition) is 3. The number of nitrogens with one attached hydrogen (secondary N) is 3. The lowest BCUT2D eigenvalue weighted by Gasteiger charge is -2.25. The highest BCUT2D eigenvalue weighted by molar-refractivity contribution is 5.91. The summed E-state index contributed by atoms with van der Waals surface area (Å²) in [4.78, 5) is 39.8. The Balaban J connectivity index is 1.74. The third-order valence-electron chi connectivity index (χ3n) is 6.47. The van der Waals surface area contributed by atoms with E-state index in [1.807, 2.05) is 111 Å². The van der Waals surface area contributed by atoms with Crippen molar-refractivity contribution in [2.24, 2.45) is 5.92 Å². The van der Waals surface area contributed by atoms with Crippen molar-refractivity contribution < 1.29 is 19.1 Å². The van der Waals surface area contributed by atoms with Crippen LogP contribution in [0, 0.1) is 17.2 Å². The molecule has 0 aliphatic carbocycles. The van der Waals surface area contributed by atoms with Crippen LogP contribution in [0.4, 0.5) is 4.79 Å². The highest BCUT2D eigenvalue weighted by Crippen LogP contribution is 2.10. The number of alkyl carbamates (subject to hydrolysis) is 1. The van der Waals surface area contributed by atoms with Gasteiger partial charge in [-0.15, -0.1) is 0 Å². The zero-order valence-electron chi connectivity index (χ0n) is 24.0. The molecule has 0 aliphatic heterocycles. The first-order chi connectivity index (χ1) is 20.3. The fourth-order valence-electron chi connectivity index (χ4n) is 4.42. The van der Waals surface area contributed by atoms with Gasteiger partial charge in [0.25, 0.3) is 0 Å². The quantitative estimate of drug-likeness (QED) is 0.241. The number of carbonyl (C=O) groups excluding carboxylic acids is 3. The maximum Gasteiger partial charge on any atom is 0.408 e. The molecule has 218 valence electrons. The second-order valence-corrected chi connectivity index (χ2v) is 10.4. The van der Waals surface area contributed by atoms with Crippen LogP contribution in [0.15, 0.2) is 103 Å². The molecule has 3 unspecified atom stereocenters. The maximum absolute atomic E-state index is 13.6. The van der Waals surface area contributed by atoms with Crippen molar-refractivity contribution >= 4 is 17.9 Å². The highest BCUT2D eigenvalue weighted by atomic mass is 16.5. The van der Waals surface area contributed by atoms with Crippen LogP contribution in [0.25, 0.3) is 0 Å². The molecule has 8 nitrogen and oxygen atoms in total. The summed E-state index contributed by atoms with van der Waals surface area (Å²) in [5, 5.41) is 17.6. The topological polar surface area (TPSA) is 120 Å². The predicted octanol–water partition coefficient (Wildman–Crippen LogP) is 4.86. The number of amides is 3. The van der Waals surface area contributed by atoms with Gasteiger partial charge < -0.3 is 20.7 Å². The summed E-state index contributed by atoms with van der Waals surface area (Å²) in [6, 6.07) is 27.9. The number of carbonyl (C=O) groups is 3. The molecule has 0 fully saturated rings. The van der Waals surface area contributed by atoms with Crippen molar-refractivity contribution in [1.29, 1.82) is 5.26 Å². The lowest BCUT2D eigenvalue weighted by Crippen LogP contribution is -2.56. The van der Waals surface area contributed by atoms with Gasteiger partial charge in [0.2, 0.25) is 11.8 Å². The number of benzene rings is 3. The Morgan fingerprint density at radius 2 is 1.26 bits per heavy atom. The van der Waals surface area contributed by atoms with Gasteiger partial charge in [0.15, 0.2) is 0 Å². The normalized spacial score (nSPS) is 13.0. The fraction of sp³-hybridized carbons (Fsp3) is 0.294. The molecule has 3 N–H and O–H groups in total. The van der Waals surface area contributed by atoms with Gasteiger partial charge in [-0.25, -0.2) is 4.79 Å². The second kappa shape index (κ2) is 17.0. The minimum atomic E-state index is -0.925. The molecule has 42 heavy (non-hydrogen) atoms. The van der Waals surface area contributed by atoms with E-state index in [-0.39, 0.29) is 18.9 Å². The number of allylic oxidation sites excluding steroid dienone is 1. The Labute approximate surface area is 247 Å².